The molecule has 0 aromatic rings. The molecule has 1 fully saturated rings. The Labute approximate surface area is 110 Å². The molecule has 17 heavy (non-hydrogen) atoms. The summed E-state index contributed by atoms with van der Waals surface area (Å²) in [6.07, 6.45) is 3.43. The molecule has 1 aliphatic rings. The minimum atomic E-state index is 0.344. The van der Waals surface area contributed by atoms with Gasteiger partial charge in [-0.2, -0.15) is 5.10 Å². The second kappa shape index (κ2) is 5.80. The van der Waals surface area contributed by atoms with Crippen LogP contribution in [0.4, 0.5) is 0 Å². The lowest BCUT2D eigenvalue weighted by Gasteiger charge is -2.34. The van der Waals surface area contributed by atoms with E-state index < -0.39 is 0 Å². The van der Waals surface area contributed by atoms with E-state index in [1.54, 1.807) is 0 Å². The molecule has 0 heterocycles. The quantitative estimate of drug-likeness (QED) is 0.588. The number of thiocarbonyl (C=S) groups is 1. The van der Waals surface area contributed by atoms with Gasteiger partial charge in [-0.3, -0.25) is 5.43 Å². The van der Waals surface area contributed by atoms with Crippen molar-refractivity contribution in [3.05, 3.63) is 0 Å². The molecule has 98 valence electrons. The zero-order valence-corrected chi connectivity index (χ0v) is 12.4. The zero-order chi connectivity index (χ0) is 13.1. The lowest BCUT2D eigenvalue weighted by molar-refractivity contribution is 0.265. The summed E-state index contributed by atoms with van der Waals surface area (Å²) in [6.45, 7) is 11.0. The highest BCUT2D eigenvalue weighted by molar-refractivity contribution is 7.80. The van der Waals surface area contributed by atoms with Gasteiger partial charge in [-0.15, -0.1) is 0 Å². The van der Waals surface area contributed by atoms with Gasteiger partial charge in [0.1, 0.15) is 0 Å². The summed E-state index contributed by atoms with van der Waals surface area (Å²) in [5, 5.41) is 8.19. The first-order valence-electron chi connectivity index (χ1n) is 6.40. The highest BCUT2D eigenvalue weighted by atomic mass is 32.1. The van der Waals surface area contributed by atoms with Crippen LogP contribution in [0.2, 0.25) is 0 Å². The van der Waals surface area contributed by atoms with Crippen LogP contribution >= 0.6 is 12.2 Å². The van der Waals surface area contributed by atoms with E-state index in [2.05, 4.69) is 50.5 Å². The number of nitrogens with one attached hydrogen (secondary N) is 2. The fourth-order valence-corrected chi connectivity index (χ4v) is 2.91. The smallest absolute Gasteiger partial charge is 0.187 e. The maximum Gasteiger partial charge on any atom is 0.187 e. The number of hydrogen-bond acceptors (Lipinski definition) is 2. The lowest BCUT2D eigenvalue weighted by atomic mass is 9.72. The fourth-order valence-electron chi connectivity index (χ4n) is 2.62. The Bertz CT molecular complexity index is 308. The average molecular weight is 255 g/mol. The molecule has 0 unspecified atom stereocenters. The number of nitrogens with zero attached hydrogens (tertiary/aromatic N) is 1. The van der Waals surface area contributed by atoms with Crippen molar-refractivity contribution in [1.29, 1.82) is 0 Å². The summed E-state index contributed by atoms with van der Waals surface area (Å²) in [6, 6.07) is 0.344. The second-order valence-electron chi connectivity index (χ2n) is 6.27. The standard InChI is InChI=1S/C13H25N3S/c1-9(2)14-12(17)16-15-11-6-10(3)7-13(4,5)8-11/h9-10H,6-8H2,1-5H3,(H2,14,16,17)/b15-11-/t10-/m0/s1. The van der Waals surface area contributed by atoms with Gasteiger partial charge in [0.05, 0.1) is 0 Å². The van der Waals surface area contributed by atoms with Crippen molar-refractivity contribution >= 4 is 23.0 Å². The second-order valence-corrected chi connectivity index (χ2v) is 6.68. The summed E-state index contributed by atoms with van der Waals surface area (Å²) in [7, 11) is 0. The Morgan fingerprint density at radius 3 is 2.65 bits per heavy atom. The van der Waals surface area contributed by atoms with Crippen molar-refractivity contribution in [2.75, 3.05) is 0 Å². The van der Waals surface area contributed by atoms with Crippen LogP contribution in [0.3, 0.4) is 0 Å². The van der Waals surface area contributed by atoms with Crippen LogP contribution in [0.25, 0.3) is 0 Å². The molecule has 4 heteroatoms. The monoisotopic (exact) mass is 255 g/mol. The van der Waals surface area contributed by atoms with Crippen molar-refractivity contribution in [3.63, 3.8) is 0 Å². The van der Waals surface area contributed by atoms with Crippen molar-refractivity contribution in [3.8, 4) is 0 Å². The summed E-state index contributed by atoms with van der Waals surface area (Å²) >= 11 is 5.16. The van der Waals surface area contributed by atoms with E-state index in [0.717, 1.165) is 12.8 Å². The summed E-state index contributed by atoms with van der Waals surface area (Å²) in [4.78, 5) is 0. The maximum absolute atomic E-state index is 5.16. The topological polar surface area (TPSA) is 36.4 Å². The third-order valence-corrected chi connectivity index (χ3v) is 3.11. The third kappa shape index (κ3) is 5.48. The molecule has 0 spiro atoms. The van der Waals surface area contributed by atoms with Crippen LogP contribution in [-0.4, -0.2) is 16.9 Å². The molecule has 0 radical (unpaired) electrons. The van der Waals surface area contributed by atoms with Gasteiger partial charge in [0.15, 0.2) is 5.11 Å². The minimum Gasteiger partial charge on any atom is -0.359 e. The van der Waals surface area contributed by atoms with Crippen molar-refractivity contribution < 1.29 is 0 Å². The lowest BCUT2D eigenvalue weighted by Crippen LogP contribution is -2.38. The molecule has 0 bridgehead atoms. The maximum atomic E-state index is 5.16. The van der Waals surface area contributed by atoms with Gasteiger partial charge in [-0.05, 0) is 56.7 Å². The molecule has 0 aromatic heterocycles. The van der Waals surface area contributed by atoms with Gasteiger partial charge >= 0.3 is 0 Å². The first-order valence-corrected chi connectivity index (χ1v) is 6.81. The first kappa shape index (κ1) is 14.4. The van der Waals surface area contributed by atoms with Gasteiger partial charge in [0.2, 0.25) is 0 Å². The molecule has 1 rings (SSSR count). The van der Waals surface area contributed by atoms with Crippen LogP contribution in [0.5, 0.6) is 0 Å². The van der Waals surface area contributed by atoms with E-state index in [-0.39, 0.29) is 0 Å². The molecule has 0 amide bonds. The number of hydrogen-bond donors (Lipinski definition) is 2. The highest BCUT2D eigenvalue weighted by Gasteiger charge is 2.29. The fraction of sp³-hybridized carbons (Fsp3) is 0.846. The van der Waals surface area contributed by atoms with Crippen LogP contribution in [0.1, 0.15) is 53.9 Å². The Morgan fingerprint density at radius 2 is 2.12 bits per heavy atom. The molecule has 0 aliphatic heterocycles. The van der Waals surface area contributed by atoms with Crippen molar-refractivity contribution in [2.24, 2.45) is 16.4 Å². The third-order valence-electron chi connectivity index (χ3n) is 2.90. The van der Waals surface area contributed by atoms with Gasteiger partial charge < -0.3 is 5.32 Å². The Balaban J connectivity index is 2.51. The van der Waals surface area contributed by atoms with Crippen LogP contribution in [-0.2, 0) is 0 Å². The summed E-state index contributed by atoms with van der Waals surface area (Å²) < 4.78 is 0. The summed E-state index contributed by atoms with van der Waals surface area (Å²) in [5.41, 5.74) is 4.55. The van der Waals surface area contributed by atoms with Crippen molar-refractivity contribution in [1.82, 2.24) is 10.7 Å². The molecule has 0 saturated heterocycles. The van der Waals surface area contributed by atoms with Crippen LogP contribution in [0.15, 0.2) is 5.10 Å². The van der Waals surface area contributed by atoms with E-state index in [9.17, 15) is 0 Å². The molecule has 3 nitrogen and oxygen atoms in total. The Hall–Kier alpha value is -0.640. The van der Waals surface area contributed by atoms with Gasteiger partial charge in [0.25, 0.3) is 0 Å². The first-order chi connectivity index (χ1) is 7.78. The van der Waals surface area contributed by atoms with E-state index in [0.29, 0.717) is 22.5 Å². The molecule has 1 aliphatic carbocycles. The van der Waals surface area contributed by atoms with Crippen molar-refractivity contribution in [2.45, 2.75) is 59.9 Å². The highest BCUT2D eigenvalue weighted by Crippen LogP contribution is 2.36. The molecule has 1 saturated carbocycles. The Kier molecular flexibility index (Phi) is 4.92. The predicted molar refractivity (Wildman–Crippen MR) is 78.2 cm³/mol. The number of rotatable bonds is 2. The zero-order valence-electron chi connectivity index (χ0n) is 11.6. The molecule has 1 atom stereocenters. The Morgan fingerprint density at radius 1 is 1.47 bits per heavy atom. The molecular formula is C13H25N3S. The van der Waals surface area contributed by atoms with E-state index in [1.165, 1.54) is 12.1 Å². The minimum absolute atomic E-state index is 0.344. The van der Waals surface area contributed by atoms with E-state index >= 15 is 0 Å². The van der Waals surface area contributed by atoms with Gasteiger partial charge in [-0.1, -0.05) is 20.8 Å². The van der Waals surface area contributed by atoms with Crippen LogP contribution < -0.4 is 10.7 Å². The van der Waals surface area contributed by atoms with Gasteiger partial charge in [-0.25, -0.2) is 0 Å². The molecule has 2 N–H and O–H groups in total. The predicted octanol–water partition coefficient (Wildman–Crippen LogP) is 3.06. The normalized spacial score (nSPS) is 26.0. The van der Waals surface area contributed by atoms with Crippen LogP contribution in [0, 0.1) is 11.3 Å². The SMILES string of the molecule is CC(C)NC(=S)N/N=C1/C[C@H](C)CC(C)(C)C1. The number of hydrazone groups is 1. The molecular weight excluding hydrogens is 230 g/mol. The van der Waals surface area contributed by atoms with E-state index in [1.807, 2.05) is 0 Å². The summed E-state index contributed by atoms with van der Waals surface area (Å²) in [5.74, 6) is 0.714. The average Bonchev–Trinajstić information content (AvgIpc) is 2.10. The largest absolute Gasteiger partial charge is 0.359 e. The van der Waals surface area contributed by atoms with E-state index in [4.69, 9.17) is 12.2 Å². The molecule has 0 aromatic carbocycles. The van der Waals surface area contributed by atoms with Gasteiger partial charge in [0, 0.05) is 11.8 Å².